The van der Waals surface area contributed by atoms with Crippen LogP contribution < -0.4 is 0 Å². The van der Waals surface area contributed by atoms with Gasteiger partial charge in [-0.25, -0.2) is 15.0 Å². The lowest BCUT2D eigenvalue weighted by Gasteiger charge is -2.13. The van der Waals surface area contributed by atoms with Crippen LogP contribution in [-0.4, -0.2) is 19.5 Å². The van der Waals surface area contributed by atoms with Gasteiger partial charge in [-0.15, -0.1) is 0 Å². The number of benzene rings is 9. The zero-order valence-corrected chi connectivity index (χ0v) is 30.9. The van der Waals surface area contributed by atoms with Crippen molar-refractivity contribution in [1.82, 2.24) is 19.5 Å². The van der Waals surface area contributed by atoms with Crippen LogP contribution in [0.5, 0.6) is 0 Å². The summed E-state index contributed by atoms with van der Waals surface area (Å²) in [5.41, 5.74) is 10.9. The van der Waals surface area contributed by atoms with Gasteiger partial charge in [0.05, 0.1) is 11.0 Å². The van der Waals surface area contributed by atoms with Crippen LogP contribution in [0.25, 0.3) is 105 Å². The van der Waals surface area contributed by atoms with Gasteiger partial charge in [-0.3, -0.25) is 0 Å². The summed E-state index contributed by atoms with van der Waals surface area (Å²) >= 11 is 0. The Balaban J connectivity index is 1.05. The van der Waals surface area contributed by atoms with Gasteiger partial charge in [-0.2, -0.15) is 0 Å². The number of hydrogen-bond donors (Lipinski definition) is 0. The highest BCUT2D eigenvalue weighted by molar-refractivity contribution is 6.09. The SMILES string of the molecule is c1ccc(-c2cccc3cccc(-c4ccc(-c5nc(-c6cccc(-n7c8ccccc8c8ccccc87)c6)nc(-c6ccc7ccccc7c6)n5)cc4)c23)cc1. The normalized spacial score (nSPS) is 11.5. The third-order valence-corrected chi connectivity index (χ3v) is 11.0. The summed E-state index contributed by atoms with van der Waals surface area (Å²) in [5, 5.41) is 7.21. The van der Waals surface area contributed by atoms with Crippen LogP contribution in [0, 0.1) is 0 Å². The fourth-order valence-electron chi connectivity index (χ4n) is 8.32. The molecular formula is C53H34N4. The van der Waals surface area contributed by atoms with Crippen LogP contribution in [0.2, 0.25) is 0 Å². The van der Waals surface area contributed by atoms with E-state index in [0.29, 0.717) is 17.5 Å². The van der Waals surface area contributed by atoms with Gasteiger partial charge in [0.15, 0.2) is 17.5 Å². The average molecular weight is 727 g/mol. The number of fused-ring (bicyclic) bond motifs is 5. The molecule has 0 aliphatic heterocycles. The Morgan fingerprint density at radius 3 is 1.46 bits per heavy atom. The monoisotopic (exact) mass is 726 g/mol. The van der Waals surface area contributed by atoms with Crippen molar-refractivity contribution < 1.29 is 0 Å². The van der Waals surface area contributed by atoms with E-state index in [4.69, 9.17) is 15.0 Å². The number of rotatable bonds is 6. The van der Waals surface area contributed by atoms with Gasteiger partial charge in [0.1, 0.15) is 0 Å². The molecule has 0 unspecified atom stereocenters. The van der Waals surface area contributed by atoms with Crippen LogP contribution in [0.3, 0.4) is 0 Å². The molecule has 0 radical (unpaired) electrons. The molecule has 0 spiro atoms. The first-order valence-electron chi connectivity index (χ1n) is 19.3. The fraction of sp³-hybridized carbons (Fsp3) is 0. The molecule has 2 heterocycles. The van der Waals surface area contributed by atoms with Crippen molar-refractivity contribution in [3.63, 3.8) is 0 Å². The van der Waals surface area contributed by atoms with E-state index in [0.717, 1.165) is 44.4 Å². The molecule has 0 saturated carbocycles. The third kappa shape index (κ3) is 5.74. The Kier molecular flexibility index (Phi) is 7.78. The molecule has 0 fully saturated rings. The number of nitrogens with zero attached hydrogens (tertiary/aromatic N) is 4. The van der Waals surface area contributed by atoms with Crippen molar-refractivity contribution in [3.05, 3.63) is 206 Å². The van der Waals surface area contributed by atoms with Gasteiger partial charge >= 0.3 is 0 Å². The van der Waals surface area contributed by atoms with Crippen molar-refractivity contribution in [3.8, 4) is 62.1 Å². The molecular weight excluding hydrogens is 693 g/mol. The van der Waals surface area contributed by atoms with Gasteiger partial charge in [0.2, 0.25) is 0 Å². The van der Waals surface area contributed by atoms with E-state index in [1.54, 1.807) is 0 Å². The molecule has 0 atom stereocenters. The molecule has 2 aromatic heterocycles. The summed E-state index contributed by atoms with van der Waals surface area (Å²) in [6, 6.07) is 72.9. The van der Waals surface area contributed by atoms with Gasteiger partial charge in [0.25, 0.3) is 0 Å². The molecule has 4 nitrogen and oxygen atoms in total. The van der Waals surface area contributed by atoms with Gasteiger partial charge < -0.3 is 4.57 Å². The summed E-state index contributed by atoms with van der Waals surface area (Å²) < 4.78 is 2.33. The van der Waals surface area contributed by atoms with Crippen LogP contribution in [0.1, 0.15) is 0 Å². The Morgan fingerprint density at radius 2 is 0.772 bits per heavy atom. The van der Waals surface area contributed by atoms with Crippen molar-refractivity contribution >= 4 is 43.4 Å². The van der Waals surface area contributed by atoms with E-state index >= 15 is 0 Å². The lowest BCUT2D eigenvalue weighted by atomic mass is 9.91. The highest BCUT2D eigenvalue weighted by Crippen LogP contribution is 2.38. The molecule has 11 aromatic rings. The summed E-state index contributed by atoms with van der Waals surface area (Å²) in [6.07, 6.45) is 0. The smallest absolute Gasteiger partial charge is 0.164 e. The second-order valence-electron chi connectivity index (χ2n) is 14.4. The van der Waals surface area contributed by atoms with Crippen molar-refractivity contribution in [2.45, 2.75) is 0 Å². The summed E-state index contributed by atoms with van der Waals surface area (Å²) in [6.45, 7) is 0. The third-order valence-electron chi connectivity index (χ3n) is 11.0. The van der Waals surface area contributed by atoms with E-state index in [-0.39, 0.29) is 0 Å². The Hall–Kier alpha value is -7.69. The van der Waals surface area contributed by atoms with Crippen molar-refractivity contribution in [1.29, 1.82) is 0 Å². The first-order valence-corrected chi connectivity index (χ1v) is 19.3. The van der Waals surface area contributed by atoms with Gasteiger partial charge in [-0.1, -0.05) is 176 Å². The lowest BCUT2D eigenvalue weighted by Crippen LogP contribution is -2.01. The Morgan fingerprint density at radius 1 is 0.298 bits per heavy atom. The molecule has 0 amide bonds. The minimum atomic E-state index is 0.622. The standard InChI is InChI=1S/C53H34N4/c1-2-14-36(15-3-1)44-23-11-17-38-18-12-24-45(50(38)44)37-28-30-39(31-29-37)51-54-52(56-53(55-51)42-32-27-35-13-4-5-16-40(35)33-42)41-19-10-20-43(34-41)57-48-25-8-6-21-46(48)47-22-7-9-26-49(47)57/h1-34H. The largest absolute Gasteiger partial charge is 0.309 e. The molecule has 0 aliphatic rings. The van der Waals surface area contributed by atoms with Crippen molar-refractivity contribution in [2.75, 3.05) is 0 Å². The minimum absolute atomic E-state index is 0.622. The van der Waals surface area contributed by atoms with Gasteiger partial charge in [0, 0.05) is 33.2 Å². The predicted octanol–water partition coefficient (Wildman–Crippen LogP) is 13.6. The van der Waals surface area contributed by atoms with E-state index in [2.05, 4.69) is 211 Å². The molecule has 11 rings (SSSR count). The number of aromatic nitrogens is 4. The second-order valence-corrected chi connectivity index (χ2v) is 14.4. The molecule has 0 saturated heterocycles. The maximum atomic E-state index is 5.18. The van der Waals surface area contributed by atoms with E-state index in [1.807, 2.05) is 0 Å². The predicted molar refractivity (Wildman–Crippen MR) is 236 cm³/mol. The highest BCUT2D eigenvalue weighted by atomic mass is 15.0. The Labute approximate surface area is 330 Å². The molecule has 266 valence electrons. The number of hydrogen-bond acceptors (Lipinski definition) is 3. The van der Waals surface area contributed by atoms with E-state index in [1.165, 1.54) is 43.6 Å². The van der Waals surface area contributed by atoms with E-state index < -0.39 is 0 Å². The first kappa shape index (κ1) is 32.7. The maximum Gasteiger partial charge on any atom is 0.164 e. The molecule has 0 bridgehead atoms. The quantitative estimate of drug-likeness (QED) is 0.171. The summed E-state index contributed by atoms with van der Waals surface area (Å²) in [7, 11) is 0. The molecule has 57 heavy (non-hydrogen) atoms. The first-order chi connectivity index (χ1) is 28.2. The molecule has 0 aliphatic carbocycles. The number of para-hydroxylation sites is 2. The topological polar surface area (TPSA) is 43.6 Å². The molecule has 4 heteroatoms. The van der Waals surface area contributed by atoms with Crippen LogP contribution in [0.15, 0.2) is 206 Å². The Bertz CT molecular complexity index is 3230. The minimum Gasteiger partial charge on any atom is -0.309 e. The van der Waals surface area contributed by atoms with E-state index in [9.17, 15) is 0 Å². The summed E-state index contributed by atoms with van der Waals surface area (Å²) in [5.74, 6) is 1.88. The fourth-order valence-corrected chi connectivity index (χ4v) is 8.32. The molecule has 9 aromatic carbocycles. The van der Waals surface area contributed by atoms with Gasteiger partial charge in [-0.05, 0) is 74.1 Å². The summed E-state index contributed by atoms with van der Waals surface area (Å²) in [4.78, 5) is 15.5. The average Bonchev–Trinajstić information content (AvgIpc) is 3.63. The molecule has 0 N–H and O–H groups in total. The van der Waals surface area contributed by atoms with Crippen molar-refractivity contribution in [2.24, 2.45) is 0 Å². The maximum absolute atomic E-state index is 5.18. The zero-order valence-electron chi connectivity index (χ0n) is 30.9. The zero-order chi connectivity index (χ0) is 37.7. The lowest BCUT2D eigenvalue weighted by molar-refractivity contribution is 1.07. The second kappa shape index (κ2) is 13.6. The van der Waals surface area contributed by atoms with Crippen LogP contribution >= 0.6 is 0 Å². The van der Waals surface area contributed by atoms with Crippen LogP contribution in [-0.2, 0) is 0 Å². The highest BCUT2D eigenvalue weighted by Gasteiger charge is 2.17. The van der Waals surface area contributed by atoms with Crippen LogP contribution in [0.4, 0.5) is 0 Å².